The van der Waals surface area contributed by atoms with Gasteiger partial charge in [0.15, 0.2) is 0 Å². The number of ether oxygens (including phenoxy) is 2. The van der Waals surface area contributed by atoms with E-state index in [0.717, 1.165) is 17.5 Å². The number of benzene rings is 2. The van der Waals surface area contributed by atoms with E-state index in [1.165, 1.54) is 12.8 Å². The van der Waals surface area contributed by atoms with E-state index in [1.807, 2.05) is 48.5 Å². The lowest BCUT2D eigenvalue weighted by molar-refractivity contribution is -0.161. The topological polar surface area (TPSA) is 35.5 Å². The summed E-state index contributed by atoms with van der Waals surface area (Å²) < 4.78 is 12.1. The molecule has 2 aromatic carbocycles. The van der Waals surface area contributed by atoms with Crippen LogP contribution >= 0.6 is 0 Å². The molecule has 2 aromatic rings. The van der Waals surface area contributed by atoms with Crippen LogP contribution in [0.1, 0.15) is 70.1 Å². The molecule has 3 rings (SSSR count). The van der Waals surface area contributed by atoms with Gasteiger partial charge in [-0.1, -0.05) is 94.8 Å². The zero-order chi connectivity index (χ0) is 21.5. The van der Waals surface area contributed by atoms with Crippen LogP contribution in [0.25, 0.3) is 0 Å². The number of carbonyl (C=O) groups is 1. The summed E-state index contributed by atoms with van der Waals surface area (Å²) >= 11 is 0. The third-order valence-electron chi connectivity index (χ3n) is 6.54. The second kappa shape index (κ2) is 10.8. The summed E-state index contributed by atoms with van der Waals surface area (Å²) in [5.74, 6) is 1.50. The molecular formula is C27H36O3. The molecule has 3 nitrogen and oxygen atoms in total. The molecule has 162 valence electrons. The molecule has 1 aliphatic rings. The van der Waals surface area contributed by atoms with Crippen molar-refractivity contribution >= 4 is 5.97 Å². The van der Waals surface area contributed by atoms with E-state index in [9.17, 15) is 4.79 Å². The number of hydrogen-bond donors (Lipinski definition) is 0. The van der Waals surface area contributed by atoms with Gasteiger partial charge in [-0.15, -0.1) is 0 Å². The van der Waals surface area contributed by atoms with Crippen molar-refractivity contribution in [3.05, 3.63) is 71.8 Å². The van der Waals surface area contributed by atoms with E-state index < -0.39 is 0 Å². The van der Waals surface area contributed by atoms with Crippen molar-refractivity contribution in [1.29, 1.82) is 0 Å². The van der Waals surface area contributed by atoms with Gasteiger partial charge >= 0.3 is 5.97 Å². The Hall–Kier alpha value is -2.13. The van der Waals surface area contributed by atoms with E-state index in [1.54, 1.807) is 0 Å². The molecule has 1 fully saturated rings. The molecule has 1 aliphatic carbocycles. The molecule has 0 amide bonds. The van der Waals surface area contributed by atoms with Gasteiger partial charge in [-0.25, -0.2) is 4.79 Å². The quantitative estimate of drug-likeness (QED) is 0.465. The molecule has 3 heteroatoms. The minimum atomic E-state index is -0.337. The minimum Gasteiger partial charge on any atom is -0.455 e. The van der Waals surface area contributed by atoms with Crippen molar-refractivity contribution in [2.75, 3.05) is 6.61 Å². The van der Waals surface area contributed by atoms with Crippen LogP contribution in [0.4, 0.5) is 0 Å². The van der Waals surface area contributed by atoms with Gasteiger partial charge in [-0.2, -0.15) is 0 Å². The van der Waals surface area contributed by atoms with Crippen LogP contribution in [0.5, 0.6) is 0 Å². The van der Waals surface area contributed by atoms with Crippen molar-refractivity contribution in [2.24, 2.45) is 17.8 Å². The number of esters is 1. The Labute approximate surface area is 181 Å². The van der Waals surface area contributed by atoms with E-state index >= 15 is 0 Å². The summed E-state index contributed by atoms with van der Waals surface area (Å²) in [4.78, 5) is 12.8. The average molecular weight is 409 g/mol. The van der Waals surface area contributed by atoms with Gasteiger partial charge in [0.1, 0.15) is 12.7 Å². The van der Waals surface area contributed by atoms with Gasteiger partial charge in [0.25, 0.3) is 0 Å². The Morgan fingerprint density at radius 2 is 1.53 bits per heavy atom. The summed E-state index contributed by atoms with van der Waals surface area (Å²) in [6, 6.07) is 20.2. The van der Waals surface area contributed by atoms with Gasteiger partial charge in [0.05, 0.1) is 6.10 Å². The lowest BCUT2D eigenvalue weighted by Crippen LogP contribution is -2.36. The summed E-state index contributed by atoms with van der Waals surface area (Å²) in [6.45, 7) is 8.91. The maximum absolute atomic E-state index is 12.8. The highest BCUT2D eigenvalue weighted by Gasteiger charge is 2.32. The Morgan fingerprint density at radius 3 is 2.13 bits per heavy atom. The summed E-state index contributed by atoms with van der Waals surface area (Å²) in [5.41, 5.74) is 2.16. The number of carbonyl (C=O) groups excluding carboxylic acids is 1. The molecule has 1 saturated carbocycles. The first-order valence-corrected chi connectivity index (χ1v) is 11.4. The first kappa shape index (κ1) is 22.6. The van der Waals surface area contributed by atoms with E-state index in [2.05, 4.69) is 39.8 Å². The Balaban J connectivity index is 1.67. The second-order valence-electron chi connectivity index (χ2n) is 9.20. The van der Waals surface area contributed by atoms with Crippen molar-refractivity contribution in [3.8, 4) is 0 Å². The van der Waals surface area contributed by atoms with Crippen molar-refractivity contribution in [3.63, 3.8) is 0 Å². The van der Waals surface area contributed by atoms with E-state index in [4.69, 9.17) is 9.47 Å². The van der Waals surface area contributed by atoms with Crippen LogP contribution < -0.4 is 0 Å². The molecule has 5 atom stereocenters. The molecule has 0 saturated heterocycles. The zero-order valence-corrected chi connectivity index (χ0v) is 18.8. The largest absolute Gasteiger partial charge is 0.455 e. The molecule has 0 radical (unpaired) electrons. The SMILES string of the molecule is CC1CCC(C(C)C)C(OCC(=O)OC(c2ccccc2)C(C)c2ccccc2)C1. The highest BCUT2D eigenvalue weighted by molar-refractivity contribution is 5.71. The average Bonchev–Trinajstić information content (AvgIpc) is 2.76. The van der Waals surface area contributed by atoms with Gasteiger partial charge < -0.3 is 9.47 Å². The third kappa shape index (κ3) is 5.95. The molecule has 0 N–H and O–H groups in total. The minimum absolute atomic E-state index is 0.0193. The fraction of sp³-hybridized carbons (Fsp3) is 0.519. The first-order valence-electron chi connectivity index (χ1n) is 11.4. The van der Waals surface area contributed by atoms with Crippen LogP contribution in [-0.4, -0.2) is 18.7 Å². The second-order valence-corrected chi connectivity index (χ2v) is 9.20. The fourth-order valence-electron chi connectivity index (χ4n) is 4.69. The van der Waals surface area contributed by atoms with Crippen molar-refractivity contribution < 1.29 is 14.3 Å². The van der Waals surface area contributed by atoms with Crippen LogP contribution in [0, 0.1) is 17.8 Å². The first-order chi connectivity index (χ1) is 14.5. The van der Waals surface area contributed by atoms with Gasteiger partial charge in [0.2, 0.25) is 0 Å². The highest BCUT2D eigenvalue weighted by atomic mass is 16.6. The summed E-state index contributed by atoms with van der Waals surface area (Å²) in [5, 5.41) is 0. The predicted molar refractivity (Wildman–Crippen MR) is 121 cm³/mol. The molecule has 0 bridgehead atoms. The number of hydrogen-bond acceptors (Lipinski definition) is 3. The molecule has 5 unspecified atom stereocenters. The Kier molecular flexibility index (Phi) is 8.09. The molecule has 0 heterocycles. The van der Waals surface area contributed by atoms with Crippen LogP contribution in [0.2, 0.25) is 0 Å². The van der Waals surface area contributed by atoms with Gasteiger partial charge in [0, 0.05) is 5.92 Å². The zero-order valence-electron chi connectivity index (χ0n) is 18.8. The standard InChI is InChI=1S/C27H36O3/c1-19(2)24-16-15-20(3)17-25(24)29-18-26(28)30-27(23-13-9-6-10-14-23)21(4)22-11-7-5-8-12-22/h5-14,19-21,24-25,27H,15-18H2,1-4H3. The van der Waals surface area contributed by atoms with Gasteiger partial charge in [-0.05, 0) is 41.7 Å². The van der Waals surface area contributed by atoms with E-state index in [0.29, 0.717) is 17.8 Å². The third-order valence-corrected chi connectivity index (χ3v) is 6.54. The van der Waals surface area contributed by atoms with Crippen LogP contribution in [0.15, 0.2) is 60.7 Å². The fourth-order valence-corrected chi connectivity index (χ4v) is 4.69. The summed E-state index contributed by atoms with van der Waals surface area (Å²) in [6.07, 6.45) is 3.26. The maximum Gasteiger partial charge on any atom is 0.332 e. The smallest absolute Gasteiger partial charge is 0.332 e. The Bertz CT molecular complexity index is 771. The monoisotopic (exact) mass is 408 g/mol. The Morgan fingerprint density at radius 1 is 0.933 bits per heavy atom. The lowest BCUT2D eigenvalue weighted by Gasteiger charge is -2.37. The maximum atomic E-state index is 12.8. The normalized spacial score (nSPS) is 23.7. The molecule has 0 spiro atoms. The number of rotatable bonds is 8. The lowest BCUT2D eigenvalue weighted by atomic mass is 9.75. The van der Waals surface area contributed by atoms with Gasteiger partial charge in [-0.3, -0.25) is 0 Å². The molecule has 0 aliphatic heterocycles. The molecule has 0 aromatic heterocycles. The predicted octanol–water partition coefficient (Wildman–Crippen LogP) is 6.55. The van der Waals surface area contributed by atoms with Crippen molar-refractivity contribution in [1.82, 2.24) is 0 Å². The molecular weight excluding hydrogens is 372 g/mol. The van der Waals surface area contributed by atoms with E-state index in [-0.39, 0.29) is 30.7 Å². The van der Waals surface area contributed by atoms with Crippen LogP contribution in [0.3, 0.4) is 0 Å². The van der Waals surface area contributed by atoms with Crippen molar-refractivity contribution in [2.45, 2.75) is 65.1 Å². The molecule has 30 heavy (non-hydrogen) atoms. The summed E-state index contributed by atoms with van der Waals surface area (Å²) in [7, 11) is 0. The highest BCUT2D eigenvalue weighted by Crippen LogP contribution is 2.36. The van der Waals surface area contributed by atoms with Crippen LogP contribution in [-0.2, 0) is 14.3 Å².